The smallest absolute Gasteiger partial charge is 0.313 e. The zero-order valence-electron chi connectivity index (χ0n) is 15.5. The van der Waals surface area contributed by atoms with Crippen LogP contribution in [0, 0.1) is 0 Å². The lowest BCUT2D eigenvalue weighted by atomic mass is 10.1. The van der Waals surface area contributed by atoms with E-state index in [2.05, 4.69) is 22.4 Å². The van der Waals surface area contributed by atoms with Gasteiger partial charge in [-0.25, -0.2) is 0 Å². The Kier molecular flexibility index (Phi) is 7.20. The molecule has 0 aliphatic carbocycles. The van der Waals surface area contributed by atoms with E-state index in [9.17, 15) is 9.59 Å². The number of thioether (sulfide) groups is 1. The number of carbonyl (C=O) groups is 2. The molecule has 2 aromatic rings. The molecule has 7 nitrogen and oxygen atoms in total. The first-order chi connectivity index (χ1) is 12.4. The summed E-state index contributed by atoms with van der Waals surface area (Å²) in [6.07, 6.45) is 1.02. The highest BCUT2D eigenvalue weighted by Gasteiger charge is 2.20. The number of carbonyl (C=O) groups excluding carboxylic acids is 2. The van der Waals surface area contributed by atoms with Gasteiger partial charge in [-0.3, -0.25) is 9.59 Å². The van der Waals surface area contributed by atoms with E-state index in [1.165, 1.54) is 17.3 Å². The van der Waals surface area contributed by atoms with Crippen molar-refractivity contribution in [2.24, 2.45) is 7.05 Å². The number of amides is 1. The lowest BCUT2D eigenvalue weighted by Crippen LogP contribution is -2.22. The van der Waals surface area contributed by atoms with E-state index in [0.29, 0.717) is 17.6 Å². The van der Waals surface area contributed by atoms with Crippen LogP contribution < -0.4 is 5.32 Å². The third-order valence-corrected chi connectivity index (χ3v) is 4.95. The summed E-state index contributed by atoms with van der Waals surface area (Å²) >= 11 is 1.29. The molecule has 0 unspecified atom stereocenters. The molecule has 8 heteroatoms. The summed E-state index contributed by atoms with van der Waals surface area (Å²) < 4.78 is 6.63. The summed E-state index contributed by atoms with van der Waals surface area (Å²) in [5.41, 5.74) is 1.99. The molecule has 0 radical (unpaired) electrons. The van der Waals surface area contributed by atoms with E-state index in [1.54, 1.807) is 25.5 Å². The van der Waals surface area contributed by atoms with Crippen molar-refractivity contribution in [1.82, 2.24) is 14.8 Å². The van der Waals surface area contributed by atoms with E-state index in [-0.39, 0.29) is 23.5 Å². The van der Waals surface area contributed by atoms with Crippen LogP contribution >= 0.6 is 11.8 Å². The predicted molar refractivity (Wildman–Crippen MR) is 101 cm³/mol. The second-order valence-electron chi connectivity index (χ2n) is 5.74. The van der Waals surface area contributed by atoms with Gasteiger partial charge in [0.15, 0.2) is 5.16 Å². The van der Waals surface area contributed by atoms with Gasteiger partial charge in [0.25, 0.3) is 0 Å². The largest absolute Gasteiger partial charge is 0.466 e. The first-order valence-electron chi connectivity index (χ1n) is 8.54. The summed E-state index contributed by atoms with van der Waals surface area (Å²) in [6.45, 7) is 5.98. The molecule has 1 heterocycles. The molecule has 0 aliphatic heterocycles. The monoisotopic (exact) mass is 376 g/mol. The number of nitrogens with one attached hydrogen (secondary N) is 1. The Hall–Kier alpha value is -2.35. The molecule has 0 spiro atoms. The molecular formula is C18H24N4O3S. The van der Waals surface area contributed by atoms with Crippen molar-refractivity contribution < 1.29 is 14.3 Å². The Balaban J connectivity index is 1.95. The number of nitrogens with zero attached hydrogens (tertiary/aromatic N) is 3. The van der Waals surface area contributed by atoms with Crippen LogP contribution in [0.3, 0.4) is 0 Å². The molecular weight excluding hydrogens is 352 g/mol. The maximum Gasteiger partial charge on any atom is 0.313 e. The average Bonchev–Trinajstić information content (AvgIpc) is 2.95. The van der Waals surface area contributed by atoms with Crippen molar-refractivity contribution in [1.29, 1.82) is 0 Å². The highest BCUT2D eigenvalue weighted by atomic mass is 32.2. The molecule has 26 heavy (non-hydrogen) atoms. The van der Waals surface area contributed by atoms with Crippen molar-refractivity contribution in [3.63, 3.8) is 0 Å². The van der Waals surface area contributed by atoms with E-state index in [1.807, 2.05) is 24.3 Å². The quantitative estimate of drug-likeness (QED) is 0.563. The minimum Gasteiger partial charge on any atom is -0.466 e. The van der Waals surface area contributed by atoms with Crippen LogP contribution in [0.5, 0.6) is 0 Å². The fourth-order valence-corrected chi connectivity index (χ4v) is 3.06. The van der Waals surface area contributed by atoms with Crippen LogP contribution in [0.2, 0.25) is 0 Å². The molecule has 0 aliphatic rings. The van der Waals surface area contributed by atoms with E-state index >= 15 is 0 Å². The van der Waals surface area contributed by atoms with E-state index in [4.69, 9.17) is 4.74 Å². The summed E-state index contributed by atoms with van der Waals surface area (Å²) in [4.78, 5) is 24.0. The van der Waals surface area contributed by atoms with Gasteiger partial charge in [0.1, 0.15) is 12.2 Å². The predicted octanol–water partition coefficient (Wildman–Crippen LogP) is 2.60. The molecule has 1 N–H and O–H groups in total. The number of hydrogen-bond acceptors (Lipinski definition) is 6. The van der Waals surface area contributed by atoms with Crippen LogP contribution in [-0.4, -0.2) is 38.5 Å². The number of ether oxygens (including phenoxy) is 1. The topological polar surface area (TPSA) is 86.1 Å². The lowest BCUT2D eigenvalue weighted by Gasteiger charge is -2.12. The third-order valence-electron chi connectivity index (χ3n) is 3.81. The molecule has 0 fully saturated rings. The Bertz CT molecular complexity index is 758. The highest BCUT2D eigenvalue weighted by molar-refractivity contribution is 8.00. The zero-order chi connectivity index (χ0) is 19.1. The number of aromatic nitrogens is 3. The maximum atomic E-state index is 12.4. The fraction of sp³-hybridized carbons (Fsp3) is 0.444. The van der Waals surface area contributed by atoms with Gasteiger partial charge in [-0.2, -0.15) is 0 Å². The van der Waals surface area contributed by atoms with Gasteiger partial charge in [-0.05, 0) is 38.0 Å². The Morgan fingerprint density at radius 3 is 2.54 bits per heavy atom. The summed E-state index contributed by atoms with van der Waals surface area (Å²) in [7, 11) is 1.77. The fourth-order valence-electron chi connectivity index (χ4n) is 2.22. The molecule has 1 atom stereocenters. The lowest BCUT2D eigenvalue weighted by molar-refractivity contribution is -0.142. The zero-order valence-corrected chi connectivity index (χ0v) is 16.3. The van der Waals surface area contributed by atoms with Gasteiger partial charge in [0, 0.05) is 12.7 Å². The first-order valence-corrected chi connectivity index (χ1v) is 9.42. The molecule has 140 valence electrons. The Morgan fingerprint density at radius 2 is 1.92 bits per heavy atom. The third kappa shape index (κ3) is 5.32. The van der Waals surface area contributed by atoms with Crippen molar-refractivity contribution in [3.05, 3.63) is 35.7 Å². The van der Waals surface area contributed by atoms with Gasteiger partial charge in [-0.15, -0.1) is 10.2 Å². The molecule has 1 amide bonds. The summed E-state index contributed by atoms with van der Waals surface area (Å²) in [6, 6.07) is 7.79. The molecule has 0 bridgehead atoms. The van der Waals surface area contributed by atoms with E-state index in [0.717, 1.165) is 12.1 Å². The number of anilines is 1. The maximum absolute atomic E-state index is 12.4. The van der Waals surface area contributed by atoms with Gasteiger partial charge in [-0.1, -0.05) is 30.8 Å². The second-order valence-corrected chi connectivity index (χ2v) is 7.05. The normalized spacial score (nSPS) is 11.8. The van der Waals surface area contributed by atoms with Crippen LogP contribution in [0.1, 0.15) is 32.2 Å². The van der Waals surface area contributed by atoms with Crippen LogP contribution in [0.4, 0.5) is 5.69 Å². The molecule has 1 aromatic carbocycles. The second kappa shape index (κ2) is 9.38. The number of benzene rings is 1. The number of rotatable bonds is 8. The van der Waals surface area contributed by atoms with Crippen molar-refractivity contribution in [2.75, 3.05) is 11.9 Å². The standard InChI is InChI=1S/C18H24N4O3S/c1-5-13-7-9-14(10-8-13)19-17(24)12(3)26-18-21-20-15(22(18)4)11-16(23)25-6-2/h7-10,12H,5-6,11H2,1-4H3,(H,19,24)/t12-/m1/s1. The highest BCUT2D eigenvalue weighted by Crippen LogP contribution is 2.23. The number of aryl methyl sites for hydroxylation is 1. The van der Waals surface area contributed by atoms with Crippen LogP contribution in [0.15, 0.2) is 29.4 Å². The summed E-state index contributed by atoms with van der Waals surface area (Å²) in [5, 5.41) is 11.2. The average molecular weight is 376 g/mol. The molecule has 0 saturated carbocycles. The van der Waals surface area contributed by atoms with Gasteiger partial charge < -0.3 is 14.6 Å². The van der Waals surface area contributed by atoms with E-state index < -0.39 is 0 Å². The van der Waals surface area contributed by atoms with Crippen molar-refractivity contribution >= 4 is 29.3 Å². The Morgan fingerprint density at radius 1 is 1.23 bits per heavy atom. The van der Waals surface area contributed by atoms with Crippen LogP contribution in [-0.2, 0) is 34.2 Å². The van der Waals surface area contributed by atoms with Gasteiger partial charge in [0.2, 0.25) is 5.91 Å². The minimum absolute atomic E-state index is 0.0578. The molecule has 1 aromatic heterocycles. The molecule has 2 rings (SSSR count). The first kappa shape index (κ1) is 20.0. The van der Waals surface area contributed by atoms with Crippen LogP contribution in [0.25, 0.3) is 0 Å². The Labute approximate surface area is 157 Å². The minimum atomic E-state index is -0.362. The number of esters is 1. The summed E-state index contributed by atoms with van der Waals surface area (Å²) in [5.74, 6) is 0.0452. The van der Waals surface area contributed by atoms with Crippen molar-refractivity contribution in [2.45, 2.75) is 44.0 Å². The molecule has 0 saturated heterocycles. The SMILES string of the molecule is CCOC(=O)Cc1nnc(S[C@H](C)C(=O)Nc2ccc(CC)cc2)n1C. The number of hydrogen-bond donors (Lipinski definition) is 1. The van der Waals surface area contributed by atoms with Gasteiger partial charge in [0.05, 0.1) is 11.9 Å². The van der Waals surface area contributed by atoms with Gasteiger partial charge >= 0.3 is 5.97 Å². The van der Waals surface area contributed by atoms with Crippen molar-refractivity contribution in [3.8, 4) is 0 Å².